The number of anilines is 1. The Morgan fingerprint density at radius 2 is 1.82 bits per heavy atom. The molecule has 1 aliphatic rings. The Hall–Kier alpha value is -5.45. The third kappa shape index (κ3) is 5.89. The van der Waals surface area contributed by atoms with Crippen LogP contribution in [-0.4, -0.2) is 60.2 Å². The van der Waals surface area contributed by atoms with Gasteiger partial charge in [-0.3, -0.25) is 0 Å². The molecule has 0 radical (unpaired) electrons. The zero-order valence-corrected chi connectivity index (χ0v) is 24.6. The number of fused-ring (bicyclic) bond motifs is 1. The number of nitrogens with zero attached hydrogens (tertiary/aromatic N) is 6. The average molecular weight is 591 g/mol. The van der Waals surface area contributed by atoms with Gasteiger partial charge in [0.05, 0.1) is 5.69 Å². The number of aryl methyl sites for hydroxylation is 1. The highest BCUT2D eigenvalue weighted by Gasteiger charge is 2.30. The van der Waals surface area contributed by atoms with Crippen LogP contribution in [0.3, 0.4) is 0 Å². The molecule has 0 spiro atoms. The first-order valence-corrected chi connectivity index (χ1v) is 14.5. The van der Waals surface area contributed by atoms with E-state index in [2.05, 4.69) is 15.5 Å². The second kappa shape index (κ2) is 12.4. The number of nitrogens with two attached hydrogens (primary N) is 1. The number of amidine groups is 1. The number of oxime groups is 1. The topological polar surface area (TPSA) is 144 Å². The van der Waals surface area contributed by atoms with Gasteiger partial charge in [0.2, 0.25) is 5.95 Å². The number of ether oxygens (including phenoxy) is 1. The Balaban J connectivity index is 1.27. The van der Waals surface area contributed by atoms with Crippen LogP contribution in [0.25, 0.3) is 28.0 Å². The highest BCUT2D eigenvalue weighted by atomic mass is 16.6. The van der Waals surface area contributed by atoms with Crippen molar-refractivity contribution in [2.45, 2.75) is 45.4 Å². The summed E-state index contributed by atoms with van der Waals surface area (Å²) in [5, 5.41) is 16.7. The van der Waals surface area contributed by atoms with Gasteiger partial charge in [-0.25, -0.2) is 19.7 Å². The fourth-order valence-corrected chi connectivity index (χ4v) is 5.52. The van der Waals surface area contributed by atoms with Crippen molar-refractivity contribution in [3.8, 4) is 16.9 Å². The van der Waals surface area contributed by atoms with Crippen LogP contribution in [-0.2, 0) is 11.3 Å². The van der Waals surface area contributed by atoms with Crippen molar-refractivity contribution in [1.82, 2.24) is 24.4 Å². The maximum absolute atomic E-state index is 13.0. The molecular formula is C33H34N8O3. The predicted octanol–water partition coefficient (Wildman–Crippen LogP) is 5.49. The van der Waals surface area contributed by atoms with Crippen molar-refractivity contribution >= 4 is 28.9 Å². The SMILES string of the molecule is Cc1cnc(N[C@H]2CC[C@H](C)N(C(=O)OCc3ccccc3)C2)nc1-c1cn(-c2ccccc2)c2nc(/C(N)=N/O)ccc12. The van der Waals surface area contributed by atoms with Gasteiger partial charge in [0.1, 0.15) is 17.9 Å². The maximum Gasteiger partial charge on any atom is 0.410 e. The number of aromatic nitrogens is 4. The summed E-state index contributed by atoms with van der Waals surface area (Å²) in [5.74, 6) is 0.406. The van der Waals surface area contributed by atoms with Crippen LogP contribution in [0.15, 0.2) is 90.3 Å². The molecule has 1 fully saturated rings. The smallest absolute Gasteiger partial charge is 0.410 e. The monoisotopic (exact) mass is 590 g/mol. The van der Waals surface area contributed by atoms with E-state index in [9.17, 15) is 10.0 Å². The van der Waals surface area contributed by atoms with E-state index in [0.29, 0.717) is 23.8 Å². The predicted molar refractivity (Wildman–Crippen MR) is 169 cm³/mol. The van der Waals surface area contributed by atoms with E-state index < -0.39 is 0 Å². The number of benzene rings is 2. The van der Waals surface area contributed by atoms with Crippen molar-refractivity contribution in [3.05, 3.63) is 102 Å². The lowest BCUT2D eigenvalue weighted by molar-refractivity contribution is 0.0695. The summed E-state index contributed by atoms with van der Waals surface area (Å²) in [6.45, 7) is 4.73. The summed E-state index contributed by atoms with van der Waals surface area (Å²) < 4.78 is 7.60. The molecule has 1 saturated heterocycles. The summed E-state index contributed by atoms with van der Waals surface area (Å²) in [6, 6.07) is 23.2. The quantitative estimate of drug-likeness (QED) is 0.0978. The molecule has 0 bridgehead atoms. The third-order valence-corrected chi connectivity index (χ3v) is 7.94. The van der Waals surface area contributed by atoms with Crippen molar-refractivity contribution in [3.63, 3.8) is 0 Å². The molecule has 1 aliphatic heterocycles. The van der Waals surface area contributed by atoms with Crippen LogP contribution in [0.4, 0.5) is 10.7 Å². The number of carbonyl (C=O) groups excluding carboxylic acids is 1. The number of para-hydroxylation sites is 1. The molecule has 224 valence electrons. The zero-order valence-electron chi connectivity index (χ0n) is 24.6. The van der Waals surface area contributed by atoms with Crippen LogP contribution in [0.5, 0.6) is 0 Å². The van der Waals surface area contributed by atoms with E-state index in [0.717, 1.165) is 46.3 Å². The van der Waals surface area contributed by atoms with E-state index in [1.165, 1.54) is 0 Å². The number of rotatable bonds is 7. The number of hydrogen-bond acceptors (Lipinski definition) is 8. The Labute approximate surface area is 255 Å². The zero-order chi connectivity index (χ0) is 30.6. The standard InChI is InChI=1S/C33H34N8O3/c1-21-17-35-32(36-24-14-13-22(2)40(18-24)33(42)44-20-23-9-5-3-6-10-23)38-29(21)27-19-41(25-11-7-4-8-12-25)31-26(27)15-16-28(37-31)30(34)39-43/h3-12,15-17,19,22,24,43H,13-14,18,20H2,1-2H3,(H2,34,39)(H,35,36,38)/t22-,24-/m0/s1. The minimum absolute atomic E-state index is 0.0401. The number of nitrogens with one attached hydrogen (secondary N) is 1. The van der Waals surface area contributed by atoms with Gasteiger partial charge >= 0.3 is 6.09 Å². The Morgan fingerprint density at radius 1 is 1.07 bits per heavy atom. The fraction of sp³-hybridized carbons (Fsp3) is 0.242. The number of hydrogen-bond donors (Lipinski definition) is 3. The molecule has 44 heavy (non-hydrogen) atoms. The number of piperidine rings is 1. The first kappa shape index (κ1) is 28.7. The Morgan fingerprint density at radius 3 is 2.57 bits per heavy atom. The molecule has 4 heterocycles. The minimum atomic E-state index is -0.328. The van der Waals surface area contributed by atoms with Gasteiger partial charge in [0.15, 0.2) is 5.84 Å². The van der Waals surface area contributed by atoms with Crippen molar-refractivity contribution < 1.29 is 14.7 Å². The van der Waals surface area contributed by atoms with Gasteiger partial charge in [-0.1, -0.05) is 53.7 Å². The van der Waals surface area contributed by atoms with Crippen LogP contribution >= 0.6 is 0 Å². The molecule has 1 amide bonds. The van der Waals surface area contributed by atoms with Crippen molar-refractivity contribution in [2.24, 2.45) is 10.9 Å². The normalized spacial score (nSPS) is 17.0. The molecule has 2 atom stereocenters. The lowest BCUT2D eigenvalue weighted by Crippen LogP contribution is -2.50. The summed E-state index contributed by atoms with van der Waals surface area (Å²) in [4.78, 5) is 29.0. The van der Waals surface area contributed by atoms with Gasteiger partial charge in [-0.05, 0) is 62.1 Å². The molecular weight excluding hydrogens is 556 g/mol. The van der Waals surface area contributed by atoms with Gasteiger partial charge in [0, 0.05) is 47.7 Å². The molecule has 3 aromatic heterocycles. The van der Waals surface area contributed by atoms with E-state index in [4.69, 9.17) is 20.4 Å². The molecule has 2 aromatic carbocycles. The van der Waals surface area contributed by atoms with E-state index >= 15 is 0 Å². The summed E-state index contributed by atoms with van der Waals surface area (Å²) >= 11 is 0. The van der Waals surface area contributed by atoms with Crippen LogP contribution in [0.1, 0.15) is 36.6 Å². The average Bonchev–Trinajstić information content (AvgIpc) is 3.44. The maximum atomic E-state index is 13.0. The summed E-state index contributed by atoms with van der Waals surface area (Å²) in [7, 11) is 0. The number of likely N-dealkylation sites (tertiary alicyclic amines) is 1. The molecule has 6 rings (SSSR count). The number of pyridine rings is 1. The fourth-order valence-electron chi connectivity index (χ4n) is 5.52. The van der Waals surface area contributed by atoms with E-state index in [-0.39, 0.29) is 30.6 Å². The molecule has 11 heteroatoms. The third-order valence-electron chi connectivity index (χ3n) is 7.94. The number of amides is 1. The molecule has 4 N–H and O–H groups in total. The first-order valence-electron chi connectivity index (χ1n) is 14.5. The molecule has 0 unspecified atom stereocenters. The van der Waals surface area contributed by atoms with Crippen LogP contribution < -0.4 is 11.1 Å². The minimum Gasteiger partial charge on any atom is -0.445 e. The molecule has 0 saturated carbocycles. The molecule has 0 aliphatic carbocycles. The first-order chi connectivity index (χ1) is 21.4. The van der Waals surface area contributed by atoms with E-state index in [1.807, 2.05) is 91.3 Å². The Kier molecular flexibility index (Phi) is 8.09. The highest BCUT2D eigenvalue weighted by molar-refractivity contribution is 6.00. The largest absolute Gasteiger partial charge is 0.445 e. The lowest BCUT2D eigenvalue weighted by Gasteiger charge is -2.37. The summed E-state index contributed by atoms with van der Waals surface area (Å²) in [5.41, 5.74) is 11.3. The second-order valence-electron chi connectivity index (χ2n) is 11.0. The van der Waals surface area contributed by atoms with Gasteiger partial charge in [0.25, 0.3) is 0 Å². The lowest BCUT2D eigenvalue weighted by atomic mass is 10.00. The van der Waals surface area contributed by atoms with Gasteiger partial charge in [-0.15, -0.1) is 0 Å². The van der Waals surface area contributed by atoms with E-state index in [1.54, 1.807) is 17.2 Å². The second-order valence-corrected chi connectivity index (χ2v) is 11.0. The van der Waals surface area contributed by atoms with Crippen LogP contribution in [0.2, 0.25) is 0 Å². The van der Waals surface area contributed by atoms with Crippen LogP contribution in [0, 0.1) is 6.92 Å². The van der Waals surface area contributed by atoms with Crippen molar-refractivity contribution in [2.75, 3.05) is 11.9 Å². The number of carbonyl (C=O) groups is 1. The van der Waals surface area contributed by atoms with Gasteiger partial charge < -0.3 is 30.5 Å². The van der Waals surface area contributed by atoms with Crippen molar-refractivity contribution in [1.29, 1.82) is 0 Å². The highest BCUT2D eigenvalue weighted by Crippen LogP contribution is 2.33. The molecule has 11 nitrogen and oxygen atoms in total. The Bertz CT molecular complexity index is 1810. The van der Waals surface area contributed by atoms with Gasteiger partial charge in [-0.2, -0.15) is 0 Å². The molecule has 5 aromatic rings. The summed E-state index contributed by atoms with van der Waals surface area (Å²) in [6.07, 6.45) is 5.16.